The minimum absolute atomic E-state index is 0.521. The summed E-state index contributed by atoms with van der Waals surface area (Å²) in [5, 5.41) is 10.4. The first-order valence-electron chi connectivity index (χ1n) is 6.34. The number of aliphatic hydroxyl groups is 1. The molecule has 5 nitrogen and oxygen atoms in total. The Labute approximate surface area is 116 Å². The van der Waals surface area contributed by atoms with E-state index < -0.39 is 6.10 Å². The van der Waals surface area contributed by atoms with Crippen LogP contribution in [-0.4, -0.2) is 30.4 Å². The van der Waals surface area contributed by atoms with Gasteiger partial charge in [0.15, 0.2) is 11.5 Å². The lowest BCUT2D eigenvalue weighted by atomic mass is 10.0. The molecule has 0 fully saturated rings. The Morgan fingerprint density at radius 3 is 2.70 bits per heavy atom. The number of rotatable bonds is 3. The second kappa shape index (κ2) is 5.38. The lowest BCUT2D eigenvalue weighted by Crippen LogP contribution is -2.15. The Morgan fingerprint density at radius 1 is 1.10 bits per heavy atom. The van der Waals surface area contributed by atoms with Crippen molar-refractivity contribution in [2.24, 2.45) is 0 Å². The standard InChI is InChI=1S/C15H15NO4/c1-18-12-6-11(8-16-9-12)15(17)10-2-3-13-14(7-10)20-5-4-19-13/h2-3,6-9,15,17H,4-5H2,1H3. The third kappa shape index (κ3) is 2.40. The van der Waals surface area contributed by atoms with Gasteiger partial charge in [-0.15, -0.1) is 0 Å². The van der Waals surface area contributed by atoms with Crippen molar-refractivity contribution in [3.63, 3.8) is 0 Å². The van der Waals surface area contributed by atoms with E-state index in [0.717, 1.165) is 5.56 Å². The van der Waals surface area contributed by atoms with Crippen LogP contribution in [0.2, 0.25) is 0 Å². The molecule has 3 rings (SSSR count). The summed E-state index contributed by atoms with van der Waals surface area (Å²) in [6.45, 7) is 1.07. The monoisotopic (exact) mass is 273 g/mol. The number of hydrogen-bond acceptors (Lipinski definition) is 5. The molecule has 0 spiro atoms. The highest BCUT2D eigenvalue weighted by atomic mass is 16.6. The van der Waals surface area contributed by atoms with Crippen molar-refractivity contribution in [1.29, 1.82) is 0 Å². The van der Waals surface area contributed by atoms with Crippen LogP contribution in [0.25, 0.3) is 0 Å². The summed E-state index contributed by atoms with van der Waals surface area (Å²) in [6.07, 6.45) is 2.43. The molecule has 5 heteroatoms. The van der Waals surface area contributed by atoms with Crippen LogP contribution in [-0.2, 0) is 0 Å². The highest BCUT2D eigenvalue weighted by Gasteiger charge is 2.17. The summed E-state index contributed by atoms with van der Waals surface area (Å²) in [5.74, 6) is 1.97. The van der Waals surface area contributed by atoms with Crippen molar-refractivity contribution in [2.45, 2.75) is 6.10 Å². The number of ether oxygens (including phenoxy) is 3. The molecule has 1 aromatic carbocycles. The van der Waals surface area contributed by atoms with E-state index in [0.29, 0.717) is 36.0 Å². The number of fused-ring (bicyclic) bond motifs is 1. The van der Waals surface area contributed by atoms with E-state index in [1.165, 1.54) is 0 Å². The zero-order valence-electron chi connectivity index (χ0n) is 11.1. The van der Waals surface area contributed by atoms with E-state index in [2.05, 4.69) is 4.98 Å². The number of hydrogen-bond donors (Lipinski definition) is 1. The molecule has 1 aromatic heterocycles. The van der Waals surface area contributed by atoms with Gasteiger partial charge < -0.3 is 19.3 Å². The van der Waals surface area contributed by atoms with Crippen molar-refractivity contribution in [1.82, 2.24) is 4.98 Å². The number of benzene rings is 1. The fourth-order valence-corrected chi connectivity index (χ4v) is 2.12. The summed E-state index contributed by atoms with van der Waals surface area (Å²) < 4.78 is 16.1. The van der Waals surface area contributed by atoms with E-state index in [4.69, 9.17) is 14.2 Å². The van der Waals surface area contributed by atoms with Crippen LogP contribution in [0.4, 0.5) is 0 Å². The lowest BCUT2D eigenvalue weighted by Gasteiger charge is -2.20. The lowest BCUT2D eigenvalue weighted by molar-refractivity contribution is 0.169. The van der Waals surface area contributed by atoms with E-state index >= 15 is 0 Å². The molecule has 2 aromatic rings. The first-order valence-corrected chi connectivity index (χ1v) is 6.34. The molecular weight excluding hydrogens is 258 g/mol. The molecule has 0 saturated heterocycles. The zero-order valence-corrected chi connectivity index (χ0v) is 11.1. The van der Waals surface area contributed by atoms with Gasteiger partial charge in [0.05, 0.1) is 13.3 Å². The number of aromatic nitrogens is 1. The average Bonchev–Trinajstić information content (AvgIpc) is 2.53. The van der Waals surface area contributed by atoms with E-state index in [-0.39, 0.29) is 0 Å². The van der Waals surface area contributed by atoms with Gasteiger partial charge in [-0.1, -0.05) is 6.07 Å². The fraction of sp³-hybridized carbons (Fsp3) is 0.267. The summed E-state index contributed by atoms with van der Waals surface area (Å²) in [5.41, 5.74) is 1.39. The second-order valence-corrected chi connectivity index (χ2v) is 4.46. The minimum atomic E-state index is -0.784. The maximum Gasteiger partial charge on any atom is 0.161 e. The van der Waals surface area contributed by atoms with Gasteiger partial charge in [0, 0.05) is 11.8 Å². The first kappa shape index (κ1) is 12.7. The topological polar surface area (TPSA) is 60.8 Å². The van der Waals surface area contributed by atoms with Crippen molar-refractivity contribution in [2.75, 3.05) is 20.3 Å². The maximum absolute atomic E-state index is 10.4. The van der Waals surface area contributed by atoms with Crippen molar-refractivity contribution < 1.29 is 19.3 Å². The Balaban J connectivity index is 1.91. The van der Waals surface area contributed by atoms with Gasteiger partial charge in [-0.3, -0.25) is 4.98 Å². The molecule has 0 aliphatic carbocycles. The van der Waals surface area contributed by atoms with Crippen LogP contribution in [0.15, 0.2) is 36.7 Å². The van der Waals surface area contributed by atoms with Crippen molar-refractivity contribution in [3.05, 3.63) is 47.8 Å². The van der Waals surface area contributed by atoms with E-state index in [1.54, 1.807) is 37.7 Å². The van der Waals surface area contributed by atoms with Crippen molar-refractivity contribution >= 4 is 0 Å². The van der Waals surface area contributed by atoms with Crippen LogP contribution in [0.5, 0.6) is 17.2 Å². The van der Waals surface area contributed by atoms with Gasteiger partial charge in [0.2, 0.25) is 0 Å². The molecule has 1 aliphatic rings. The normalized spacial score (nSPS) is 14.7. The van der Waals surface area contributed by atoms with Crippen LogP contribution < -0.4 is 14.2 Å². The number of nitrogens with zero attached hydrogens (tertiary/aromatic N) is 1. The molecular formula is C15H15NO4. The summed E-state index contributed by atoms with van der Waals surface area (Å²) in [6, 6.07) is 7.17. The molecule has 104 valence electrons. The second-order valence-electron chi connectivity index (χ2n) is 4.46. The van der Waals surface area contributed by atoms with Gasteiger partial charge in [-0.25, -0.2) is 0 Å². The Morgan fingerprint density at radius 2 is 1.90 bits per heavy atom. The predicted molar refractivity (Wildman–Crippen MR) is 72.3 cm³/mol. The third-order valence-corrected chi connectivity index (χ3v) is 3.17. The molecule has 1 atom stereocenters. The largest absolute Gasteiger partial charge is 0.495 e. The maximum atomic E-state index is 10.4. The van der Waals surface area contributed by atoms with Gasteiger partial charge in [-0.05, 0) is 23.8 Å². The van der Waals surface area contributed by atoms with Crippen LogP contribution >= 0.6 is 0 Å². The highest BCUT2D eigenvalue weighted by molar-refractivity contribution is 5.46. The van der Waals surface area contributed by atoms with Gasteiger partial charge >= 0.3 is 0 Å². The van der Waals surface area contributed by atoms with Crippen LogP contribution in [0.3, 0.4) is 0 Å². The molecule has 0 radical (unpaired) electrons. The van der Waals surface area contributed by atoms with Gasteiger partial charge in [-0.2, -0.15) is 0 Å². The summed E-state index contributed by atoms with van der Waals surface area (Å²) in [7, 11) is 1.57. The van der Waals surface area contributed by atoms with E-state index in [1.807, 2.05) is 6.07 Å². The quantitative estimate of drug-likeness (QED) is 0.926. The predicted octanol–water partition coefficient (Wildman–Crippen LogP) is 1.94. The molecule has 0 saturated carbocycles. The molecule has 0 amide bonds. The fourth-order valence-electron chi connectivity index (χ4n) is 2.12. The molecule has 20 heavy (non-hydrogen) atoms. The summed E-state index contributed by atoms with van der Waals surface area (Å²) in [4.78, 5) is 4.05. The molecule has 1 N–H and O–H groups in total. The van der Waals surface area contributed by atoms with Crippen LogP contribution in [0, 0.1) is 0 Å². The number of pyridine rings is 1. The Bertz CT molecular complexity index is 615. The molecule has 1 aliphatic heterocycles. The molecule has 0 bridgehead atoms. The number of aliphatic hydroxyl groups excluding tert-OH is 1. The minimum Gasteiger partial charge on any atom is -0.495 e. The Kier molecular flexibility index (Phi) is 3.43. The summed E-state index contributed by atoms with van der Waals surface area (Å²) >= 11 is 0. The SMILES string of the molecule is COc1cncc(C(O)c2ccc3c(c2)OCCO3)c1. The van der Waals surface area contributed by atoms with Crippen LogP contribution in [0.1, 0.15) is 17.2 Å². The molecule has 1 unspecified atom stereocenters. The number of methoxy groups -OCH3 is 1. The average molecular weight is 273 g/mol. The smallest absolute Gasteiger partial charge is 0.161 e. The first-order chi connectivity index (χ1) is 9.78. The van der Waals surface area contributed by atoms with E-state index in [9.17, 15) is 5.11 Å². The Hall–Kier alpha value is -2.27. The zero-order chi connectivity index (χ0) is 13.9. The third-order valence-electron chi connectivity index (χ3n) is 3.17. The van der Waals surface area contributed by atoms with Crippen molar-refractivity contribution in [3.8, 4) is 17.2 Å². The highest BCUT2D eigenvalue weighted by Crippen LogP contribution is 2.34. The molecule has 2 heterocycles. The van der Waals surface area contributed by atoms with Gasteiger partial charge in [0.1, 0.15) is 25.1 Å². The van der Waals surface area contributed by atoms with Gasteiger partial charge in [0.25, 0.3) is 0 Å².